The third kappa shape index (κ3) is 7.03. The molecule has 12 nitrogen and oxygen atoms in total. The van der Waals surface area contributed by atoms with E-state index < -0.39 is 23.9 Å². The maximum atomic E-state index is 9.10. The number of hydrogen-bond donors (Lipinski definition) is 4. The minimum atomic E-state index is -1.82. The summed E-state index contributed by atoms with van der Waals surface area (Å²) < 4.78 is 7.92. The van der Waals surface area contributed by atoms with Crippen molar-refractivity contribution in [3.05, 3.63) is 67.1 Å². The van der Waals surface area contributed by atoms with Gasteiger partial charge >= 0.3 is 23.9 Å². The molecule has 0 aliphatic heterocycles. The number of nitrogens with zero attached hydrogens (tertiary/aromatic N) is 3. The minimum Gasteiger partial charge on any atom is -0.473 e. The Hall–Kier alpha value is -5.00. The molecule has 0 aliphatic carbocycles. The monoisotopic (exact) mass is 455 g/mol. The number of ether oxygens (including phenoxy) is 1. The lowest BCUT2D eigenvalue weighted by atomic mass is 10.2. The number of carboxylic acids is 4. The van der Waals surface area contributed by atoms with Crippen LogP contribution < -0.4 is 4.74 Å². The van der Waals surface area contributed by atoms with Gasteiger partial charge in [0.1, 0.15) is 11.3 Å². The van der Waals surface area contributed by atoms with Crippen LogP contribution in [0, 0.1) is 0 Å². The maximum Gasteiger partial charge on any atom is 0.414 e. The first-order chi connectivity index (χ1) is 15.7. The fourth-order valence-corrected chi connectivity index (χ4v) is 2.44. The van der Waals surface area contributed by atoms with Crippen LogP contribution in [0.4, 0.5) is 0 Å². The van der Waals surface area contributed by atoms with E-state index in [1.807, 2.05) is 59.2 Å². The molecule has 4 rings (SSSR count). The molecule has 2 heterocycles. The lowest BCUT2D eigenvalue weighted by molar-refractivity contribution is -0.159. The Morgan fingerprint density at radius 1 is 0.758 bits per heavy atom. The third-order valence-corrected chi connectivity index (χ3v) is 3.85. The molecular weight excluding hydrogens is 438 g/mol. The number of carbonyl (C=O) groups is 4. The summed E-state index contributed by atoms with van der Waals surface area (Å²) >= 11 is 0. The van der Waals surface area contributed by atoms with E-state index in [2.05, 4.69) is 9.97 Å². The maximum absolute atomic E-state index is 9.10. The van der Waals surface area contributed by atoms with Gasteiger partial charge in [-0.05, 0) is 24.3 Å². The number of benzene rings is 2. The standard InChI is InChI=1S/C17H13N3O.2C2H2O4/c1-2-8-15-14(7-1)19-11-20(15)12-21-16-9-3-5-13-6-4-10-18-17(13)16;2*3-1(4)2(5)6/h1-11H,12H2;2*(H,3,4)(H,5,6). The van der Waals surface area contributed by atoms with Gasteiger partial charge in [-0.1, -0.05) is 30.3 Å². The molecule has 170 valence electrons. The van der Waals surface area contributed by atoms with E-state index in [1.165, 1.54) is 0 Å². The number of rotatable bonds is 3. The van der Waals surface area contributed by atoms with Crippen LogP contribution in [0.15, 0.2) is 67.1 Å². The Morgan fingerprint density at radius 2 is 1.36 bits per heavy atom. The Balaban J connectivity index is 0.000000269. The van der Waals surface area contributed by atoms with E-state index in [-0.39, 0.29) is 0 Å². The molecule has 0 aliphatic rings. The van der Waals surface area contributed by atoms with Crippen LogP contribution in [0.1, 0.15) is 0 Å². The fraction of sp³-hybridized carbons (Fsp3) is 0.0476. The van der Waals surface area contributed by atoms with E-state index in [0.717, 1.165) is 27.7 Å². The smallest absolute Gasteiger partial charge is 0.414 e. The number of fused-ring (bicyclic) bond motifs is 2. The van der Waals surface area contributed by atoms with E-state index in [4.69, 9.17) is 44.3 Å². The Morgan fingerprint density at radius 3 is 2.00 bits per heavy atom. The number of hydrogen-bond acceptors (Lipinski definition) is 7. The molecule has 0 fully saturated rings. The predicted octanol–water partition coefficient (Wildman–Crippen LogP) is 1.93. The number of pyridine rings is 1. The number of imidazole rings is 1. The van der Waals surface area contributed by atoms with Crippen LogP contribution in [0.3, 0.4) is 0 Å². The first kappa shape index (κ1) is 24.3. The molecule has 0 atom stereocenters. The summed E-state index contributed by atoms with van der Waals surface area (Å²) in [4.78, 5) is 45.2. The van der Waals surface area contributed by atoms with Crippen molar-refractivity contribution in [1.29, 1.82) is 0 Å². The van der Waals surface area contributed by atoms with Crippen LogP contribution in [-0.2, 0) is 25.9 Å². The molecule has 33 heavy (non-hydrogen) atoms. The molecule has 2 aromatic heterocycles. The molecule has 0 unspecified atom stereocenters. The van der Waals surface area contributed by atoms with Crippen LogP contribution in [0.25, 0.3) is 21.9 Å². The summed E-state index contributed by atoms with van der Waals surface area (Å²) in [5.74, 6) is -6.51. The van der Waals surface area contributed by atoms with Gasteiger partial charge in [-0.3, -0.25) is 9.55 Å². The summed E-state index contributed by atoms with van der Waals surface area (Å²) in [6.07, 6.45) is 3.57. The van der Waals surface area contributed by atoms with Crippen LogP contribution in [-0.4, -0.2) is 58.8 Å². The largest absolute Gasteiger partial charge is 0.473 e. The van der Waals surface area contributed by atoms with Crippen molar-refractivity contribution in [1.82, 2.24) is 14.5 Å². The fourth-order valence-electron chi connectivity index (χ4n) is 2.44. The Labute approximate surface area is 184 Å². The summed E-state index contributed by atoms with van der Waals surface area (Å²) in [7, 11) is 0. The van der Waals surface area contributed by atoms with E-state index in [1.54, 1.807) is 12.5 Å². The first-order valence-electron chi connectivity index (χ1n) is 8.99. The summed E-state index contributed by atoms with van der Waals surface area (Å²) in [5.41, 5.74) is 2.91. The molecule has 0 saturated heterocycles. The van der Waals surface area contributed by atoms with Crippen molar-refractivity contribution >= 4 is 45.8 Å². The summed E-state index contributed by atoms with van der Waals surface area (Å²) in [6.45, 7) is 0.413. The van der Waals surface area contributed by atoms with Crippen molar-refractivity contribution in [3.8, 4) is 5.75 Å². The zero-order chi connectivity index (χ0) is 24.4. The van der Waals surface area contributed by atoms with Gasteiger partial charge in [0.2, 0.25) is 0 Å². The topological polar surface area (TPSA) is 189 Å². The second-order valence-corrected chi connectivity index (χ2v) is 6.03. The van der Waals surface area contributed by atoms with Crippen molar-refractivity contribution in [3.63, 3.8) is 0 Å². The lowest BCUT2D eigenvalue weighted by Crippen LogP contribution is -2.09. The van der Waals surface area contributed by atoms with Gasteiger partial charge in [-0.2, -0.15) is 0 Å². The van der Waals surface area contributed by atoms with Gasteiger partial charge < -0.3 is 25.2 Å². The van der Waals surface area contributed by atoms with E-state index in [0.29, 0.717) is 6.73 Å². The highest BCUT2D eigenvalue weighted by Crippen LogP contribution is 2.23. The van der Waals surface area contributed by atoms with E-state index >= 15 is 0 Å². The second-order valence-electron chi connectivity index (χ2n) is 6.03. The SMILES string of the molecule is O=C(O)C(=O)O.O=C(O)C(=O)O.c1cnc2c(OCn3cnc4ccccc43)cccc2c1. The van der Waals surface area contributed by atoms with Crippen LogP contribution in [0.2, 0.25) is 0 Å². The molecule has 4 N–H and O–H groups in total. The molecule has 0 radical (unpaired) electrons. The van der Waals surface area contributed by atoms with Crippen molar-refractivity contribution in [2.75, 3.05) is 0 Å². The average molecular weight is 455 g/mol. The van der Waals surface area contributed by atoms with Crippen LogP contribution in [0.5, 0.6) is 5.75 Å². The second kappa shape index (κ2) is 11.4. The number of para-hydroxylation sites is 3. The average Bonchev–Trinajstić information content (AvgIpc) is 3.21. The first-order valence-corrected chi connectivity index (χ1v) is 8.99. The zero-order valence-electron chi connectivity index (χ0n) is 16.7. The van der Waals surface area contributed by atoms with E-state index in [9.17, 15) is 0 Å². The normalized spacial score (nSPS) is 9.70. The number of carboxylic acid groups (broad SMARTS) is 4. The van der Waals surface area contributed by atoms with Crippen molar-refractivity contribution < 1.29 is 44.3 Å². The lowest BCUT2D eigenvalue weighted by Gasteiger charge is -2.09. The van der Waals surface area contributed by atoms with Gasteiger partial charge in [0.05, 0.1) is 17.4 Å². The van der Waals surface area contributed by atoms with Crippen molar-refractivity contribution in [2.45, 2.75) is 6.73 Å². The predicted molar refractivity (Wildman–Crippen MR) is 113 cm³/mol. The van der Waals surface area contributed by atoms with Gasteiger partial charge in [0.15, 0.2) is 6.73 Å². The Bertz CT molecular complexity index is 1250. The zero-order valence-corrected chi connectivity index (χ0v) is 16.7. The van der Waals surface area contributed by atoms with Gasteiger partial charge in [-0.15, -0.1) is 0 Å². The highest BCUT2D eigenvalue weighted by molar-refractivity contribution is 6.27. The molecule has 2 aromatic carbocycles. The highest BCUT2D eigenvalue weighted by atomic mass is 16.5. The molecule has 0 bridgehead atoms. The van der Waals surface area contributed by atoms with Gasteiger partial charge in [0.25, 0.3) is 0 Å². The Kier molecular flexibility index (Phi) is 8.39. The van der Waals surface area contributed by atoms with Gasteiger partial charge in [-0.25, -0.2) is 24.2 Å². The molecule has 0 spiro atoms. The summed E-state index contributed by atoms with van der Waals surface area (Å²) in [6, 6.07) is 17.9. The summed E-state index contributed by atoms with van der Waals surface area (Å²) in [5, 5.41) is 30.6. The molecular formula is C21H17N3O9. The third-order valence-electron chi connectivity index (χ3n) is 3.85. The minimum absolute atomic E-state index is 0.413. The molecule has 0 saturated carbocycles. The van der Waals surface area contributed by atoms with Gasteiger partial charge in [0, 0.05) is 11.6 Å². The number of aromatic nitrogens is 3. The highest BCUT2D eigenvalue weighted by Gasteiger charge is 2.06. The molecule has 4 aromatic rings. The molecule has 0 amide bonds. The van der Waals surface area contributed by atoms with Crippen LogP contribution >= 0.6 is 0 Å². The molecule has 12 heteroatoms. The quantitative estimate of drug-likeness (QED) is 0.330. The van der Waals surface area contributed by atoms with Crippen molar-refractivity contribution in [2.24, 2.45) is 0 Å². The number of aliphatic carboxylic acids is 4.